The van der Waals surface area contributed by atoms with Crippen LogP contribution in [0.2, 0.25) is 0 Å². The number of nitrogens with one attached hydrogen (secondary N) is 2. The third-order valence-electron chi connectivity index (χ3n) is 5.32. The molecule has 3 N–H and O–H groups in total. The summed E-state index contributed by atoms with van der Waals surface area (Å²) in [6, 6.07) is 6.33. The average molecular weight is 500 g/mol. The smallest absolute Gasteiger partial charge is 0.269 e. The molecule has 0 radical (unpaired) electrons. The van der Waals surface area contributed by atoms with Crippen molar-refractivity contribution >= 4 is 35.0 Å². The van der Waals surface area contributed by atoms with Crippen LogP contribution in [0.4, 0.5) is 33.5 Å². The quantitative estimate of drug-likeness (QED) is 0.393. The van der Waals surface area contributed by atoms with Gasteiger partial charge in [0.2, 0.25) is 11.7 Å². The molecule has 0 saturated carbocycles. The molecule has 4 rings (SSSR count). The van der Waals surface area contributed by atoms with E-state index in [1.54, 1.807) is 38.1 Å². The van der Waals surface area contributed by atoms with E-state index in [0.717, 1.165) is 6.20 Å². The Labute approximate surface area is 206 Å². The molecule has 0 bridgehead atoms. The predicted molar refractivity (Wildman–Crippen MR) is 128 cm³/mol. The molecule has 1 aromatic carbocycles. The van der Waals surface area contributed by atoms with Gasteiger partial charge in [0.1, 0.15) is 12.5 Å². The highest BCUT2D eigenvalue weighted by molar-refractivity contribution is 5.99. The van der Waals surface area contributed by atoms with Crippen LogP contribution in [0.15, 0.2) is 30.5 Å². The Bertz CT molecular complexity index is 1280. The summed E-state index contributed by atoms with van der Waals surface area (Å²) in [6.07, 6.45) is 0.955. The number of hydrogen-bond acceptors (Lipinski definition) is 11. The van der Waals surface area contributed by atoms with Gasteiger partial charge in [0.25, 0.3) is 5.91 Å². The molecular formula is C23H25FN6O6. The van der Waals surface area contributed by atoms with Crippen LogP contribution in [0.5, 0.6) is 23.0 Å². The molecule has 1 aliphatic heterocycles. The van der Waals surface area contributed by atoms with Crippen molar-refractivity contribution in [2.24, 2.45) is 0 Å². The van der Waals surface area contributed by atoms with Crippen LogP contribution in [0.3, 0.4) is 0 Å². The van der Waals surface area contributed by atoms with E-state index >= 15 is 0 Å². The zero-order valence-corrected chi connectivity index (χ0v) is 20.2. The van der Waals surface area contributed by atoms with Gasteiger partial charge < -0.3 is 34.7 Å². The maximum Gasteiger partial charge on any atom is 0.269 e. The van der Waals surface area contributed by atoms with Crippen LogP contribution in [0, 0.1) is 5.82 Å². The molecule has 0 unspecified atom stereocenters. The molecule has 0 atom stereocenters. The van der Waals surface area contributed by atoms with Gasteiger partial charge in [-0.15, -0.1) is 0 Å². The molecule has 0 fully saturated rings. The molecule has 0 saturated heterocycles. The number of benzene rings is 1. The van der Waals surface area contributed by atoms with Crippen LogP contribution in [0.25, 0.3) is 0 Å². The Morgan fingerprint density at radius 3 is 2.44 bits per heavy atom. The molecule has 3 heterocycles. The van der Waals surface area contributed by atoms with Crippen molar-refractivity contribution in [3.8, 4) is 23.0 Å². The van der Waals surface area contributed by atoms with E-state index in [4.69, 9.17) is 18.9 Å². The molecule has 0 spiro atoms. The van der Waals surface area contributed by atoms with E-state index in [9.17, 15) is 14.3 Å². The highest BCUT2D eigenvalue weighted by atomic mass is 19.1. The zero-order valence-electron chi connectivity index (χ0n) is 20.2. The lowest BCUT2D eigenvalue weighted by Crippen LogP contribution is -2.46. The minimum absolute atomic E-state index is 0.0213. The highest BCUT2D eigenvalue weighted by Gasteiger charge is 2.36. The SMILES string of the molecule is COc1cc(N(CO)c2ncc(F)c(Nc3ccc4c(n3)NC(=O)C(C)(C)O4)n2)cc(OC)c1OC. The van der Waals surface area contributed by atoms with Crippen molar-refractivity contribution in [1.29, 1.82) is 0 Å². The van der Waals surface area contributed by atoms with Crippen LogP contribution in [0.1, 0.15) is 13.8 Å². The predicted octanol–water partition coefficient (Wildman–Crippen LogP) is 2.98. The number of aromatic nitrogens is 3. The number of hydrogen-bond donors (Lipinski definition) is 3. The Hall–Kier alpha value is -4.39. The summed E-state index contributed by atoms with van der Waals surface area (Å²) in [5, 5.41) is 15.5. The van der Waals surface area contributed by atoms with Crippen molar-refractivity contribution < 1.29 is 33.2 Å². The number of ether oxygens (including phenoxy) is 4. The lowest BCUT2D eigenvalue weighted by molar-refractivity contribution is -0.129. The lowest BCUT2D eigenvalue weighted by Gasteiger charge is -2.30. The van der Waals surface area contributed by atoms with Gasteiger partial charge in [0.05, 0.1) is 33.2 Å². The second-order valence-corrected chi connectivity index (χ2v) is 8.05. The van der Waals surface area contributed by atoms with Gasteiger partial charge >= 0.3 is 0 Å². The number of pyridine rings is 1. The molecule has 3 aromatic rings. The minimum atomic E-state index is -1.04. The number of aliphatic hydroxyl groups is 1. The Morgan fingerprint density at radius 1 is 1.14 bits per heavy atom. The van der Waals surface area contributed by atoms with Crippen molar-refractivity contribution in [2.45, 2.75) is 19.4 Å². The first-order chi connectivity index (χ1) is 17.2. The highest BCUT2D eigenvalue weighted by Crippen LogP contribution is 2.42. The molecule has 1 aliphatic rings. The number of amides is 1. The first-order valence-electron chi connectivity index (χ1n) is 10.7. The van der Waals surface area contributed by atoms with Gasteiger partial charge in [0, 0.05) is 12.1 Å². The lowest BCUT2D eigenvalue weighted by atomic mass is 10.1. The van der Waals surface area contributed by atoms with E-state index in [-0.39, 0.29) is 29.3 Å². The molecule has 190 valence electrons. The number of anilines is 5. The summed E-state index contributed by atoms with van der Waals surface area (Å²) in [5.74, 6) is 0.464. The Balaban J connectivity index is 1.66. The van der Waals surface area contributed by atoms with Gasteiger partial charge in [-0.2, -0.15) is 4.98 Å². The summed E-state index contributed by atoms with van der Waals surface area (Å²) < 4.78 is 36.3. The average Bonchev–Trinajstić information content (AvgIpc) is 2.86. The fraction of sp³-hybridized carbons (Fsp3) is 0.304. The Kier molecular flexibility index (Phi) is 6.66. The summed E-state index contributed by atoms with van der Waals surface area (Å²) >= 11 is 0. The maximum absolute atomic E-state index is 14.6. The second kappa shape index (κ2) is 9.70. The molecule has 0 aliphatic carbocycles. The number of methoxy groups -OCH3 is 3. The fourth-order valence-corrected chi connectivity index (χ4v) is 3.45. The van der Waals surface area contributed by atoms with Crippen molar-refractivity contribution in [3.63, 3.8) is 0 Å². The zero-order chi connectivity index (χ0) is 26.0. The number of halogens is 1. The molecule has 36 heavy (non-hydrogen) atoms. The van der Waals surface area contributed by atoms with E-state index in [2.05, 4.69) is 25.6 Å². The van der Waals surface area contributed by atoms with Gasteiger partial charge in [0.15, 0.2) is 40.3 Å². The van der Waals surface area contributed by atoms with Gasteiger partial charge in [-0.25, -0.2) is 14.4 Å². The van der Waals surface area contributed by atoms with Gasteiger partial charge in [-0.1, -0.05) is 0 Å². The topological polar surface area (TPSA) is 140 Å². The van der Waals surface area contributed by atoms with Crippen molar-refractivity contribution in [2.75, 3.05) is 43.6 Å². The second-order valence-electron chi connectivity index (χ2n) is 8.05. The van der Waals surface area contributed by atoms with Crippen LogP contribution in [-0.2, 0) is 4.79 Å². The molecule has 12 nitrogen and oxygen atoms in total. The first kappa shape index (κ1) is 24.7. The standard InChI is InChI=1S/C23H25FN6O6/c1-23(2)21(32)28-20-14(36-23)6-7-17(27-20)26-19-13(24)10-25-22(29-19)30(11-31)12-8-15(33-3)18(35-5)16(9-12)34-4/h6-10,31H,11H2,1-5H3,(H2,25,26,27,28,29,32). The van der Waals surface area contributed by atoms with Gasteiger partial charge in [-0.05, 0) is 26.0 Å². The number of nitrogens with zero attached hydrogens (tertiary/aromatic N) is 4. The van der Waals surface area contributed by atoms with E-state index in [1.165, 1.54) is 26.2 Å². The molecule has 2 aromatic heterocycles. The third kappa shape index (κ3) is 4.60. The van der Waals surface area contributed by atoms with E-state index < -0.39 is 18.1 Å². The number of fused-ring (bicyclic) bond motifs is 1. The number of aliphatic hydroxyl groups excluding tert-OH is 1. The summed E-state index contributed by atoms with van der Waals surface area (Å²) in [7, 11) is 4.39. The van der Waals surface area contributed by atoms with Crippen molar-refractivity contribution in [1.82, 2.24) is 15.0 Å². The fourth-order valence-electron chi connectivity index (χ4n) is 3.45. The molecular weight excluding hydrogens is 475 g/mol. The van der Waals surface area contributed by atoms with E-state index in [0.29, 0.717) is 28.7 Å². The summed E-state index contributed by atoms with van der Waals surface area (Å²) in [6.45, 7) is 2.73. The number of carbonyl (C=O) groups excluding carboxylic acids is 1. The summed E-state index contributed by atoms with van der Waals surface area (Å²) in [5.41, 5.74) is -0.642. The summed E-state index contributed by atoms with van der Waals surface area (Å²) in [4.78, 5) is 26.0. The van der Waals surface area contributed by atoms with Crippen LogP contribution >= 0.6 is 0 Å². The minimum Gasteiger partial charge on any atom is -0.493 e. The van der Waals surface area contributed by atoms with Gasteiger partial charge in [-0.3, -0.25) is 9.69 Å². The van der Waals surface area contributed by atoms with Crippen LogP contribution < -0.4 is 34.5 Å². The Morgan fingerprint density at radius 2 is 1.83 bits per heavy atom. The normalized spacial score (nSPS) is 13.7. The number of carbonyl (C=O) groups is 1. The van der Waals surface area contributed by atoms with Crippen LogP contribution in [-0.4, -0.2) is 59.6 Å². The monoisotopic (exact) mass is 500 g/mol. The van der Waals surface area contributed by atoms with Crippen molar-refractivity contribution in [3.05, 3.63) is 36.3 Å². The third-order valence-corrected chi connectivity index (χ3v) is 5.32. The largest absolute Gasteiger partial charge is 0.493 e. The molecule has 13 heteroatoms. The molecule has 1 amide bonds. The maximum atomic E-state index is 14.6. The van der Waals surface area contributed by atoms with E-state index in [1.807, 2.05) is 0 Å². The number of rotatable bonds is 8. The first-order valence-corrected chi connectivity index (χ1v) is 10.7.